The summed E-state index contributed by atoms with van der Waals surface area (Å²) in [5.74, 6) is -2.61. The minimum Gasteiger partial charge on any atom is -0.445 e. The van der Waals surface area contributed by atoms with Gasteiger partial charge in [0.15, 0.2) is 6.73 Å². The maximum absolute atomic E-state index is 13.3. The molecular weight excluding hydrogens is 504 g/mol. The number of carbonyl (C=O) groups is 5. The summed E-state index contributed by atoms with van der Waals surface area (Å²) in [4.78, 5) is 66.4. The molecule has 2 aliphatic rings. The van der Waals surface area contributed by atoms with E-state index in [9.17, 15) is 24.0 Å². The Morgan fingerprint density at radius 2 is 1.79 bits per heavy atom. The van der Waals surface area contributed by atoms with Gasteiger partial charge in [0, 0.05) is 25.1 Å². The van der Waals surface area contributed by atoms with Crippen LogP contribution in [0.4, 0.5) is 4.79 Å². The Morgan fingerprint density at radius 1 is 1.05 bits per heavy atom. The molecule has 39 heavy (non-hydrogen) atoms. The number of alkyl carbamates (subject to hydrolysis) is 1. The quantitative estimate of drug-likeness (QED) is 0.366. The minimum absolute atomic E-state index is 0.00942. The van der Waals surface area contributed by atoms with Gasteiger partial charge < -0.3 is 25.4 Å². The van der Waals surface area contributed by atoms with E-state index in [0.29, 0.717) is 5.56 Å². The van der Waals surface area contributed by atoms with Crippen molar-refractivity contribution in [3.63, 3.8) is 0 Å². The maximum Gasteiger partial charge on any atom is 0.408 e. The number of benzene rings is 2. The van der Waals surface area contributed by atoms with Crippen LogP contribution in [0.1, 0.15) is 53.7 Å². The Hall–Kier alpha value is -4.25. The summed E-state index contributed by atoms with van der Waals surface area (Å²) in [7, 11) is 0. The molecule has 2 aliphatic heterocycles. The number of hydrogen-bond acceptors (Lipinski definition) is 8. The van der Waals surface area contributed by atoms with E-state index in [2.05, 4.69) is 5.32 Å². The molecule has 0 bridgehead atoms. The highest BCUT2D eigenvalue weighted by molar-refractivity contribution is 6.05. The summed E-state index contributed by atoms with van der Waals surface area (Å²) in [5.41, 5.74) is 8.69. The van der Waals surface area contributed by atoms with Gasteiger partial charge in [-0.3, -0.25) is 14.4 Å². The van der Waals surface area contributed by atoms with E-state index in [0.717, 1.165) is 21.6 Å². The smallest absolute Gasteiger partial charge is 0.408 e. The summed E-state index contributed by atoms with van der Waals surface area (Å²) in [6, 6.07) is 12.4. The van der Waals surface area contributed by atoms with Gasteiger partial charge in [-0.15, -0.1) is 0 Å². The Balaban J connectivity index is 1.36. The number of amides is 4. The highest BCUT2D eigenvalue weighted by atomic mass is 16.6. The summed E-state index contributed by atoms with van der Waals surface area (Å²) < 4.78 is 10.5. The largest absolute Gasteiger partial charge is 0.445 e. The molecule has 1 fully saturated rings. The number of nitrogens with two attached hydrogens (primary N) is 1. The number of nitrogens with one attached hydrogen (secondary N) is 1. The maximum atomic E-state index is 13.3. The fourth-order valence-corrected chi connectivity index (χ4v) is 4.72. The predicted octanol–water partition coefficient (Wildman–Crippen LogP) is 2.07. The first-order valence-electron chi connectivity index (χ1n) is 12.8. The molecule has 4 rings (SSSR count). The van der Waals surface area contributed by atoms with Crippen LogP contribution in [0.2, 0.25) is 0 Å². The number of likely N-dealkylation sites (tertiary alicyclic amines) is 1. The Labute approximate surface area is 226 Å². The van der Waals surface area contributed by atoms with Gasteiger partial charge in [-0.05, 0) is 35.1 Å². The first-order valence-corrected chi connectivity index (χ1v) is 12.8. The molecule has 2 atom stereocenters. The molecule has 4 amide bonds. The van der Waals surface area contributed by atoms with Crippen LogP contribution in [0.5, 0.6) is 0 Å². The molecular formula is C28H32N4O7. The molecule has 0 saturated carbocycles. The number of piperidine rings is 1. The van der Waals surface area contributed by atoms with Crippen molar-refractivity contribution in [1.82, 2.24) is 15.1 Å². The second-order valence-corrected chi connectivity index (χ2v) is 9.82. The second kappa shape index (κ2) is 12.1. The van der Waals surface area contributed by atoms with Crippen molar-refractivity contribution in [2.24, 2.45) is 11.7 Å². The van der Waals surface area contributed by atoms with E-state index < -0.39 is 42.7 Å². The highest BCUT2D eigenvalue weighted by Crippen LogP contribution is 2.31. The summed E-state index contributed by atoms with van der Waals surface area (Å²) in [5, 5.41) is 2.49. The Morgan fingerprint density at radius 3 is 2.49 bits per heavy atom. The van der Waals surface area contributed by atoms with Gasteiger partial charge in [0.2, 0.25) is 5.91 Å². The molecule has 2 unspecified atom stereocenters. The van der Waals surface area contributed by atoms with Gasteiger partial charge in [-0.25, -0.2) is 14.5 Å². The Bertz CT molecular complexity index is 1260. The number of hydrogen-bond donors (Lipinski definition) is 2. The third kappa shape index (κ3) is 6.09. The first-order chi connectivity index (χ1) is 18.7. The average molecular weight is 537 g/mol. The Kier molecular flexibility index (Phi) is 8.60. The van der Waals surface area contributed by atoms with E-state index in [1.807, 2.05) is 24.3 Å². The highest BCUT2D eigenvalue weighted by Gasteiger charge is 2.43. The van der Waals surface area contributed by atoms with Crippen molar-refractivity contribution in [2.75, 3.05) is 6.73 Å². The number of imide groups is 1. The van der Waals surface area contributed by atoms with Gasteiger partial charge in [0.25, 0.3) is 11.8 Å². The molecule has 0 radical (unpaired) electrons. The summed E-state index contributed by atoms with van der Waals surface area (Å²) in [6.07, 6.45) is -0.623. The van der Waals surface area contributed by atoms with Crippen LogP contribution < -0.4 is 11.1 Å². The lowest BCUT2D eigenvalue weighted by atomic mass is 10.0. The van der Waals surface area contributed by atoms with Crippen molar-refractivity contribution in [2.45, 2.75) is 58.5 Å². The molecule has 0 aromatic heterocycles. The fraction of sp³-hybridized carbons (Fsp3) is 0.393. The van der Waals surface area contributed by atoms with Crippen LogP contribution in [0.25, 0.3) is 0 Å². The zero-order valence-corrected chi connectivity index (χ0v) is 21.9. The third-order valence-electron chi connectivity index (χ3n) is 6.92. The van der Waals surface area contributed by atoms with Crippen molar-refractivity contribution < 1.29 is 33.4 Å². The predicted molar refractivity (Wildman–Crippen MR) is 138 cm³/mol. The van der Waals surface area contributed by atoms with E-state index >= 15 is 0 Å². The van der Waals surface area contributed by atoms with Crippen LogP contribution in [-0.4, -0.2) is 58.4 Å². The van der Waals surface area contributed by atoms with E-state index in [1.54, 1.807) is 38.1 Å². The standard InChI is InChI=1S/C28H32N4O7/c1-17(2)24(30-28(37)38-15-18-7-4-3-5-8-18)27(36)39-16-32-23(33)12-11-22(26(32)35)31-14-21-19(13-29)9-6-10-20(21)25(31)34/h3-10,17,22,24H,11-16,29H2,1-2H3,(H,30,37). The molecule has 206 valence electrons. The molecule has 2 heterocycles. The zero-order valence-electron chi connectivity index (χ0n) is 21.9. The summed E-state index contributed by atoms with van der Waals surface area (Å²) >= 11 is 0. The molecule has 2 aromatic carbocycles. The van der Waals surface area contributed by atoms with Crippen LogP contribution in [-0.2, 0) is 43.6 Å². The van der Waals surface area contributed by atoms with Crippen molar-refractivity contribution in [1.29, 1.82) is 0 Å². The molecule has 0 aliphatic carbocycles. The molecule has 2 aromatic rings. The fourth-order valence-electron chi connectivity index (χ4n) is 4.72. The first kappa shape index (κ1) is 27.8. The molecule has 11 nitrogen and oxygen atoms in total. The van der Waals surface area contributed by atoms with Crippen LogP contribution in [0, 0.1) is 5.92 Å². The lowest BCUT2D eigenvalue weighted by Gasteiger charge is -2.35. The van der Waals surface area contributed by atoms with Crippen molar-refractivity contribution in [3.8, 4) is 0 Å². The number of rotatable bonds is 9. The van der Waals surface area contributed by atoms with Gasteiger partial charge in [-0.1, -0.05) is 56.3 Å². The topological polar surface area (TPSA) is 148 Å². The van der Waals surface area contributed by atoms with Crippen LogP contribution in [0.3, 0.4) is 0 Å². The van der Waals surface area contributed by atoms with Crippen molar-refractivity contribution in [3.05, 3.63) is 70.8 Å². The number of esters is 1. The number of fused-ring (bicyclic) bond motifs is 1. The minimum atomic E-state index is -1.07. The van der Waals surface area contributed by atoms with Crippen LogP contribution >= 0.6 is 0 Å². The van der Waals surface area contributed by atoms with E-state index in [1.165, 1.54) is 4.90 Å². The summed E-state index contributed by atoms with van der Waals surface area (Å²) in [6.45, 7) is 3.29. The second-order valence-electron chi connectivity index (χ2n) is 9.82. The monoisotopic (exact) mass is 536 g/mol. The number of carbonyl (C=O) groups excluding carboxylic acids is 5. The number of nitrogens with zero attached hydrogens (tertiary/aromatic N) is 2. The average Bonchev–Trinajstić information content (AvgIpc) is 3.26. The zero-order chi connectivity index (χ0) is 28.1. The van der Waals surface area contributed by atoms with Crippen LogP contribution in [0.15, 0.2) is 48.5 Å². The molecule has 3 N–H and O–H groups in total. The van der Waals surface area contributed by atoms with Gasteiger partial charge in [-0.2, -0.15) is 0 Å². The van der Waals surface area contributed by atoms with E-state index in [-0.39, 0.29) is 44.4 Å². The lowest BCUT2D eigenvalue weighted by molar-refractivity contribution is -0.165. The van der Waals surface area contributed by atoms with Gasteiger partial charge >= 0.3 is 12.1 Å². The lowest BCUT2D eigenvalue weighted by Crippen LogP contribution is -2.55. The van der Waals surface area contributed by atoms with Gasteiger partial charge in [0.05, 0.1) is 0 Å². The normalized spacial score (nSPS) is 17.7. The van der Waals surface area contributed by atoms with E-state index in [4.69, 9.17) is 15.2 Å². The number of ether oxygens (including phenoxy) is 2. The SMILES string of the molecule is CC(C)C(NC(=O)OCc1ccccc1)C(=O)OCN1C(=O)CCC(N2Cc3c(CN)cccc3C2=O)C1=O. The molecule has 1 saturated heterocycles. The third-order valence-corrected chi connectivity index (χ3v) is 6.92. The van der Waals surface area contributed by atoms with Crippen molar-refractivity contribution >= 4 is 29.8 Å². The molecule has 0 spiro atoms. The molecule has 11 heteroatoms. The van der Waals surface area contributed by atoms with Gasteiger partial charge in [0.1, 0.15) is 18.7 Å².